The fourth-order valence-corrected chi connectivity index (χ4v) is 4.55. The number of benzene rings is 1. The number of rotatable bonds is 11. The number of likely N-dealkylation sites (tertiary alicyclic amines) is 1. The van der Waals surface area contributed by atoms with Crippen LogP contribution < -0.4 is 11.1 Å². The Morgan fingerprint density at radius 3 is 2.65 bits per heavy atom. The summed E-state index contributed by atoms with van der Waals surface area (Å²) in [5.74, 6) is -0.995. The van der Waals surface area contributed by atoms with E-state index in [0.717, 1.165) is 25.7 Å². The van der Waals surface area contributed by atoms with Crippen LogP contribution in [0.15, 0.2) is 48.7 Å². The largest absolute Gasteiger partial charge is 0.456 e. The number of carbonyl (C=O) groups is 1. The van der Waals surface area contributed by atoms with Gasteiger partial charge < -0.3 is 20.3 Å². The summed E-state index contributed by atoms with van der Waals surface area (Å²) in [4.78, 5) is 25.7. The molecule has 40 heavy (non-hydrogen) atoms. The predicted octanol–water partition coefficient (Wildman–Crippen LogP) is 4.79. The topological polar surface area (TPSA) is 120 Å². The quantitative estimate of drug-likeness (QED) is 0.159. The highest BCUT2D eigenvalue weighted by Gasteiger charge is 2.27. The highest BCUT2D eigenvalue weighted by atomic mass is 19.1. The molecule has 1 amide bonds. The second-order valence-electron chi connectivity index (χ2n) is 10.2. The lowest BCUT2D eigenvalue weighted by Gasteiger charge is -2.35. The van der Waals surface area contributed by atoms with Gasteiger partial charge in [-0.25, -0.2) is 14.4 Å². The van der Waals surface area contributed by atoms with Crippen LogP contribution >= 0.6 is 0 Å². The molecule has 0 bridgehead atoms. The summed E-state index contributed by atoms with van der Waals surface area (Å²) in [6.45, 7) is 5.15. The van der Waals surface area contributed by atoms with Crippen LogP contribution in [0.5, 0.6) is 0 Å². The molecule has 1 aliphatic rings. The first-order valence-corrected chi connectivity index (χ1v) is 13.8. The standard InChI is InChI=1S/C30H42FN7O2/c1-6-7-8-9-10-11-20(2)28(33)40-29(34-3)26-27(32)35-19-25(36-26)21-12-13-23(24(31)18-21)30(39)38-16-14-22(15-17-38)37(4)5/h7-8,10-13,18-20,22,29,33-34H,6,9,14-17H2,1-5H3,(H2,32,35)/b8-7-,11-10-,33-28?. The molecule has 2 aromatic rings. The average Bonchev–Trinajstić information content (AvgIpc) is 2.95. The molecule has 2 heterocycles. The van der Waals surface area contributed by atoms with Crippen molar-refractivity contribution in [2.45, 2.75) is 51.8 Å². The number of halogens is 1. The molecular weight excluding hydrogens is 509 g/mol. The Labute approximate surface area is 236 Å². The Morgan fingerprint density at radius 2 is 2.02 bits per heavy atom. The molecule has 3 rings (SSSR count). The highest BCUT2D eigenvalue weighted by molar-refractivity contribution is 5.95. The normalized spacial score (nSPS) is 16.1. The minimum Gasteiger partial charge on any atom is -0.456 e. The lowest BCUT2D eigenvalue weighted by Crippen LogP contribution is -2.44. The molecule has 2 unspecified atom stereocenters. The number of nitrogens with one attached hydrogen (secondary N) is 2. The molecule has 0 saturated carbocycles. The number of hydrogen-bond acceptors (Lipinski definition) is 8. The van der Waals surface area contributed by atoms with E-state index in [4.69, 9.17) is 15.9 Å². The Kier molecular flexibility index (Phi) is 11.3. The predicted molar refractivity (Wildman–Crippen MR) is 157 cm³/mol. The van der Waals surface area contributed by atoms with Crippen LogP contribution in [0, 0.1) is 17.1 Å². The second-order valence-corrected chi connectivity index (χ2v) is 10.2. The maximum absolute atomic E-state index is 15.2. The van der Waals surface area contributed by atoms with Crippen molar-refractivity contribution in [1.82, 2.24) is 25.1 Å². The van der Waals surface area contributed by atoms with Crippen LogP contribution in [0.3, 0.4) is 0 Å². The van der Waals surface area contributed by atoms with E-state index in [1.165, 1.54) is 18.3 Å². The van der Waals surface area contributed by atoms with Crippen molar-refractivity contribution in [3.63, 3.8) is 0 Å². The van der Waals surface area contributed by atoms with Gasteiger partial charge in [-0.15, -0.1) is 0 Å². The van der Waals surface area contributed by atoms with Crippen molar-refractivity contribution in [1.29, 1.82) is 5.41 Å². The van der Waals surface area contributed by atoms with Gasteiger partial charge in [0.1, 0.15) is 11.5 Å². The number of aromatic nitrogens is 2. The van der Waals surface area contributed by atoms with Gasteiger partial charge in [0.05, 0.1) is 17.5 Å². The molecule has 1 saturated heterocycles. The molecule has 0 radical (unpaired) electrons. The van der Waals surface area contributed by atoms with Crippen molar-refractivity contribution in [3.05, 3.63) is 65.8 Å². The molecule has 1 aromatic heterocycles. The maximum atomic E-state index is 15.2. The van der Waals surface area contributed by atoms with Gasteiger partial charge in [0.25, 0.3) is 5.91 Å². The third-order valence-electron chi connectivity index (χ3n) is 7.07. The molecule has 216 valence electrons. The molecule has 9 nitrogen and oxygen atoms in total. The average molecular weight is 552 g/mol. The Hall–Kier alpha value is -3.63. The Bertz CT molecular complexity index is 1220. The molecule has 2 atom stereocenters. The van der Waals surface area contributed by atoms with Gasteiger partial charge in [-0.05, 0) is 59.0 Å². The number of amides is 1. The summed E-state index contributed by atoms with van der Waals surface area (Å²) in [6.07, 6.45) is 12.2. The fraction of sp³-hybridized carbons (Fsp3) is 0.467. The molecule has 1 aliphatic heterocycles. The van der Waals surface area contributed by atoms with Gasteiger partial charge in [0.15, 0.2) is 17.9 Å². The van der Waals surface area contributed by atoms with Crippen LogP contribution in [0.4, 0.5) is 10.2 Å². The molecule has 0 spiro atoms. The van der Waals surface area contributed by atoms with Crippen molar-refractivity contribution >= 4 is 17.6 Å². The molecule has 1 fully saturated rings. The third kappa shape index (κ3) is 7.95. The number of hydrogen-bond donors (Lipinski definition) is 3. The van der Waals surface area contributed by atoms with E-state index in [2.05, 4.69) is 39.3 Å². The van der Waals surface area contributed by atoms with E-state index < -0.39 is 12.0 Å². The zero-order chi connectivity index (χ0) is 29.2. The first-order chi connectivity index (χ1) is 19.2. The monoisotopic (exact) mass is 551 g/mol. The zero-order valence-corrected chi connectivity index (χ0v) is 24.2. The van der Waals surface area contributed by atoms with Gasteiger partial charge in [0, 0.05) is 30.6 Å². The Balaban J connectivity index is 1.73. The second kappa shape index (κ2) is 14.7. The summed E-state index contributed by atoms with van der Waals surface area (Å²) in [5.41, 5.74) is 7.27. The van der Waals surface area contributed by atoms with Crippen molar-refractivity contribution < 1.29 is 13.9 Å². The minimum atomic E-state index is -0.827. The van der Waals surface area contributed by atoms with Crippen molar-refractivity contribution in [3.8, 4) is 11.3 Å². The summed E-state index contributed by atoms with van der Waals surface area (Å²) in [5, 5.41) is 11.4. The number of nitrogens with two attached hydrogens (primary N) is 1. The summed E-state index contributed by atoms with van der Waals surface area (Å²) in [7, 11) is 5.74. The third-order valence-corrected chi connectivity index (χ3v) is 7.07. The van der Waals surface area contributed by atoms with Crippen LogP contribution in [0.25, 0.3) is 11.3 Å². The van der Waals surface area contributed by atoms with Gasteiger partial charge >= 0.3 is 0 Å². The Morgan fingerprint density at radius 1 is 1.30 bits per heavy atom. The maximum Gasteiger partial charge on any atom is 0.256 e. The van der Waals surface area contributed by atoms with Gasteiger partial charge in [-0.2, -0.15) is 0 Å². The van der Waals surface area contributed by atoms with E-state index in [0.29, 0.717) is 30.4 Å². The van der Waals surface area contributed by atoms with E-state index in [1.807, 2.05) is 33.2 Å². The summed E-state index contributed by atoms with van der Waals surface area (Å²) >= 11 is 0. The molecule has 4 N–H and O–H groups in total. The van der Waals surface area contributed by atoms with E-state index in [9.17, 15) is 4.79 Å². The lowest BCUT2D eigenvalue weighted by atomic mass is 10.0. The van der Waals surface area contributed by atoms with Crippen LogP contribution in [0.2, 0.25) is 0 Å². The fourth-order valence-electron chi connectivity index (χ4n) is 4.55. The molecule has 0 aliphatic carbocycles. The lowest BCUT2D eigenvalue weighted by molar-refractivity contribution is 0.0658. The minimum absolute atomic E-state index is 0.0350. The molecule has 1 aromatic carbocycles. The summed E-state index contributed by atoms with van der Waals surface area (Å²) in [6, 6.07) is 4.87. The number of piperidine rings is 1. The SMILES string of the molecule is CC/C=C\C/C=C\C(C)C(=N)OC(NC)c1nc(-c2ccc(C(=O)N3CCC(N(C)C)CC3)c(F)c2)cnc1N. The first-order valence-electron chi connectivity index (χ1n) is 13.8. The van der Waals surface area contributed by atoms with E-state index >= 15 is 4.39 Å². The summed E-state index contributed by atoms with van der Waals surface area (Å²) < 4.78 is 21.0. The van der Waals surface area contributed by atoms with Gasteiger partial charge in [-0.3, -0.25) is 15.5 Å². The van der Waals surface area contributed by atoms with Gasteiger partial charge in [-0.1, -0.05) is 44.2 Å². The van der Waals surface area contributed by atoms with Crippen LogP contribution in [-0.4, -0.2) is 71.8 Å². The number of nitrogen functional groups attached to an aromatic ring is 1. The van der Waals surface area contributed by atoms with Gasteiger partial charge in [0.2, 0.25) is 0 Å². The number of nitrogens with zero attached hydrogens (tertiary/aromatic N) is 4. The number of carbonyl (C=O) groups excluding carboxylic acids is 1. The smallest absolute Gasteiger partial charge is 0.256 e. The van der Waals surface area contributed by atoms with Crippen molar-refractivity contribution in [2.24, 2.45) is 5.92 Å². The zero-order valence-electron chi connectivity index (χ0n) is 24.2. The molecule has 10 heteroatoms. The molecular formula is C30H42FN7O2. The number of ether oxygens (including phenoxy) is 1. The van der Waals surface area contributed by atoms with E-state index in [1.54, 1.807) is 18.0 Å². The number of allylic oxidation sites excluding steroid dienone is 3. The first kappa shape index (κ1) is 30.9. The highest BCUT2D eigenvalue weighted by Crippen LogP contribution is 2.26. The van der Waals surface area contributed by atoms with Crippen LogP contribution in [0.1, 0.15) is 61.8 Å². The van der Waals surface area contributed by atoms with Crippen molar-refractivity contribution in [2.75, 3.05) is 40.0 Å². The van der Waals surface area contributed by atoms with E-state index in [-0.39, 0.29) is 34.8 Å². The van der Waals surface area contributed by atoms with Crippen LogP contribution in [-0.2, 0) is 4.74 Å². The number of anilines is 1.